The van der Waals surface area contributed by atoms with Crippen LogP contribution in [0.25, 0.3) is 10.9 Å². The molecule has 2 heterocycles. The number of benzene rings is 1. The molecule has 0 spiro atoms. The van der Waals surface area contributed by atoms with Crippen molar-refractivity contribution >= 4 is 34.3 Å². The van der Waals surface area contributed by atoms with Crippen LogP contribution in [0.3, 0.4) is 0 Å². The van der Waals surface area contributed by atoms with Crippen LogP contribution in [-0.2, 0) is 13.2 Å². The Bertz CT molecular complexity index is 1160. The van der Waals surface area contributed by atoms with Gasteiger partial charge in [0.25, 0.3) is 5.91 Å². The van der Waals surface area contributed by atoms with Gasteiger partial charge in [-0.15, -0.1) is 10.2 Å². The molecule has 0 unspecified atom stereocenters. The number of fused-ring (bicyclic) bond motifs is 1. The molecular weight excluding hydrogens is 427 g/mol. The number of carbonyl (C=O) groups excluding carboxylic acids is 1. The molecule has 1 saturated carbocycles. The smallest absolute Gasteiger partial charge is 0.364 e. The van der Waals surface area contributed by atoms with Gasteiger partial charge >= 0.3 is 6.18 Å². The number of hydrogen-bond acceptors (Lipinski definition) is 8. The van der Waals surface area contributed by atoms with Crippen LogP contribution in [0, 0.1) is 0 Å². The van der Waals surface area contributed by atoms with E-state index in [1.807, 2.05) is 0 Å². The predicted molar refractivity (Wildman–Crippen MR) is 111 cm³/mol. The normalized spacial score (nSPS) is 19.2. The number of halogens is 3. The second-order valence-corrected chi connectivity index (χ2v) is 7.74. The lowest BCUT2D eigenvalue weighted by atomic mass is 9.91. The van der Waals surface area contributed by atoms with Crippen molar-refractivity contribution in [2.75, 3.05) is 10.6 Å². The lowest BCUT2D eigenvalue weighted by molar-refractivity contribution is -0.136. The fourth-order valence-corrected chi connectivity index (χ4v) is 3.84. The third kappa shape index (κ3) is 4.28. The number of aromatic nitrogens is 5. The van der Waals surface area contributed by atoms with E-state index < -0.39 is 17.6 Å². The van der Waals surface area contributed by atoms with E-state index in [2.05, 4.69) is 30.9 Å². The molecule has 1 aromatic carbocycles. The highest BCUT2D eigenvalue weighted by atomic mass is 19.4. The molecule has 10 nitrogen and oxygen atoms in total. The third-order valence-corrected chi connectivity index (χ3v) is 5.49. The molecule has 13 heteroatoms. The minimum absolute atomic E-state index is 0.0387. The van der Waals surface area contributed by atoms with Crippen molar-refractivity contribution in [1.29, 1.82) is 0 Å². The molecule has 2 aromatic heterocycles. The summed E-state index contributed by atoms with van der Waals surface area (Å²) in [4.78, 5) is 16.1. The van der Waals surface area contributed by atoms with Gasteiger partial charge in [-0.25, -0.2) is 0 Å². The number of rotatable bonds is 5. The molecule has 32 heavy (non-hydrogen) atoms. The number of carbonyl (C=O) groups is 1. The number of aryl methyl sites for hydroxylation is 1. The van der Waals surface area contributed by atoms with E-state index in [-0.39, 0.29) is 46.1 Å². The van der Waals surface area contributed by atoms with Crippen LogP contribution in [0.5, 0.6) is 0 Å². The first-order valence-corrected chi connectivity index (χ1v) is 10.00. The van der Waals surface area contributed by atoms with Gasteiger partial charge in [0.05, 0.1) is 17.3 Å². The highest BCUT2D eigenvalue weighted by Gasteiger charge is 2.34. The van der Waals surface area contributed by atoms with Crippen molar-refractivity contribution in [3.63, 3.8) is 0 Å². The summed E-state index contributed by atoms with van der Waals surface area (Å²) >= 11 is 0. The molecule has 1 aliphatic carbocycles. The van der Waals surface area contributed by atoms with E-state index in [4.69, 9.17) is 11.5 Å². The van der Waals surface area contributed by atoms with Crippen molar-refractivity contribution in [3.8, 4) is 0 Å². The molecule has 3 aromatic rings. The van der Waals surface area contributed by atoms with Gasteiger partial charge in [0.15, 0.2) is 11.5 Å². The maximum atomic E-state index is 13.6. The predicted octanol–water partition coefficient (Wildman–Crippen LogP) is 2.30. The standard InChI is InChI=1S/C19H22F3N9O/c1-31-14-7-9(6-11(19(20,21)22)10(14)8-25-31)26-17-15(16(24)32)29-30-18(28-17)27-13-5-3-2-4-12(13)23/h6-8,12-13H,2-5,23H2,1H3,(H2,24,32)(H2,26,27,28,30)/t12-,13+/m0/s1. The molecule has 1 aliphatic rings. The third-order valence-electron chi connectivity index (χ3n) is 5.49. The van der Waals surface area contributed by atoms with Crippen molar-refractivity contribution < 1.29 is 18.0 Å². The van der Waals surface area contributed by atoms with Gasteiger partial charge in [0.2, 0.25) is 5.95 Å². The zero-order chi connectivity index (χ0) is 23.0. The summed E-state index contributed by atoms with van der Waals surface area (Å²) in [7, 11) is 1.53. The van der Waals surface area contributed by atoms with Crippen LogP contribution < -0.4 is 22.1 Å². The molecule has 1 fully saturated rings. The molecular formula is C19H22F3N9O. The second-order valence-electron chi connectivity index (χ2n) is 7.74. The summed E-state index contributed by atoms with van der Waals surface area (Å²) in [5, 5.41) is 17.4. The lowest BCUT2D eigenvalue weighted by Crippen LogP contribution is -2.43. The van der Waals surface area contributed by atoms with Crippen LogP contribution >= 0.6 is 0 Å². The van der Waals surface area contributed by atoms with Crippen LogP contribution in [0.1, 0.15) is 41.7 Å². The molecule has 0 saturated heterocycles. The summed E-state index contributed by atoms with van der Waals surface area (Å²) in [5.41, 5.74) is 10.6. The minimum atomic E-state index is -4.61. The zero-order valence-corrected chi connectivity index (χ0v) is 17.1. The Labute approximate surface area is 180 Å². The minimum Gasteiger partial charge on any atom is -0.364 e. The quantitative estimate of drug-likeness (QED) is 0.463. The number of amides is 1. The summed E-state index contributed by atoms with van der Waals surface area (Å²) in [6, 6.07) is 2.21. The van der Waals surface area contributed by atoms with E-state index in [9.17, 15) is 18.0 Å². The molecule has 2 atom stereocenters. The number of anilines is 3. The van der Waals surface area contributed by atoms with E-state index in [0.29, 0.717) is 0 Å². The highest BCUT2D eigenvalue weighted by molar-refractivity contribution is 5.96. The lowest BCUT2D eigenvalue weighted by Gasteiger charge is -2.29. The Morgan fingerprint density at radius 2 is 1.97 bits per heavy atom. The summed E-state index contributed by atoms with van der Waals surface area (Å²) < 4.78 is 42.2. The maximum Gasteiger partial charge on any atom is 0.417 e. The number of primary amides is 1. The first-order valence-electron chi connectivity index (χ1n) is 10.00. The van der Waals surface area contributed by atoms with Crippen molar-refractivity contribution in [2.45, 2.75) is 43.9 Å². The number of nitrogens with two attached hydrogens (primary N) is 2. The van der Waals surface area contributed by atoms with Crippen molar-refractivity contribution in [1.82, 2.24) is 25.0 Å². The zero-order valence-electron chi connectivity index (χ0n) is 17.1. The average molecular weight is 449 g/mol. The molecule has 0 aliphatic heterocycles. The van der Waals surface area contributed by atoms with Crippen LogP contribution in [0.15, 0.2) is 18.3 Å². The largest absolute Gasteiger partial charge is 0.417 e. The Morgan fingerprint density at radius 3 is 2.66 bits per heavy atom. The highest BCUT2D eigenvalue weighted by Crippen LogP contribution is 2.37. The van der Waals surface area contributed by atoms with Gasteiger partial charge in [-0.05, 0) is 25.0 Å². The molecule has 6 N–H and O–H groups in total. The van der Waals surface area contributed by atoms with Crippen LogP contribution in [0.4, 0.5) is 30.6 Å². The van der Waals surface area contributed by atoms with Crippen molar-refractivity contribution in [2.24, 2.45) is 18.5 Å². The fraction of sp³-hybridized carbons (Fsp3) is 0.421. The SMILES string of the molecule is Cn1ncc2c(C(F)(F)F)cc(Nc3nc(N[C@@H]4CCCC[C@@H]4N)nnc3C(N)=O)cc21. The summed E-state index contributed by atoms with van der Waals surface area (Å²) in [5.74, 6) is -0.947. The molecule has 170 valence electrons. The second kappa shape index (κ2) is 8.22. The molecule has 1 amide bonds. The maximum absolute atomic E-state index is 13.6. The number of alkyl halides is 3. The first kappa shape index (κ1) is 21.7. The van der Waals surface area contributed by atoms with Crippen molar-refractivity contribution in [3.05, 3.63) is 29.6 Å². The van der Waals surface area contributed by atoms with Gasteiger partial charge in [0, 0.05) is 30.2 Å². The number of nitrogens with zero attached hydrogens (tertiary/aromatic N) is 5. The van der Waals surface area contributed by atoms with Gasteiger partial charge in [-0.3, -0.25) is 9.48 Å². The Morgan fingerprint density at radius 1 is 1.22 bits per heavy atom. The number of nitrogens with one attached hydrogen (secondary N) is 2. The molecule has 0 radical (unpaired) electrons. The first-order chi connectivity index (χ1) is 15.1. The van der Waals surface area contributed by atoms with E-state index in [1.54, 1.807) is 0 Å². The summed E-state index contributed by atoms with van der Waals surface area (Å²) in [6.07, 6.45) is 0.229. The van der Waals surface area contributed by atoms with E-state index >= 15 is 0 Å². The number of hydrogen-bond donors (Lipinski definition) is 4. The van der Waals surface area contributed by atoms with Gasteiger partial charge in [-0.1, -0.05) is 12.8 Å². The molecule has 0 bridgehead atoms. The van der Waals surface area contributed by atoms with Gasteiger partial charge < -0.3 is 22.1 Å². The van der Waals surface area contributed by atoms with E-state index in [0.717, 1.165) is 37.9 Å². The molecule has 4 rings (SSSR count). The monoisotopic (exact) mass is 449 g/mol. The summed E-state index contributed by atoms with van der Waals surface area (Å²) in [6.45, 7) is 0. The Balaban J connectivity index is 1.72. The Kier molecular flexibility index (Phi) is 5.59. The van der Waals surface area contributed by atoms with Crippen LogP contribution in [0.2, 0.25) is 0 Å². The van der Waals surface area contributed by atoms with Gasteiger partial charge in [0.1, 0.15) is 0 Å². The average Bonchev–Trinajstić information content (AvgIpc) is 3.09. The van der Waals surface area contributed by atoms with Gasteiger partial charge in [-0.2, -0.15) is 23.3 Å². The fourth-order valence-electron chi connectivity index (χ4n) is 3.84. The Hall–Kier alpha value is -3.48. The van der Waals surface area contributed by atoms with Crippen LogP contribution in [-0.4, -0.2) is 43.0 Å². The topological polar surface area (TPSA) is 150 Å². The van der Waals surface area contributed by atoms with E-state index in [1.165, 1.54) is 17.8 Å².